The molecule has 6 nitrogen and oxygen atoms in total. The van der Waals surface area contributed by atoms with Gasteiger partial charge in [0.15, 0.2) is 5.96 Å². The van der Waals surface area contributed by atoms with Crippen molar-refractivity contribution in [3.63, 3.8) is 0 Å². The molecule has 0 spiro atoms. The molecule has 0 amide bonds. The van der Waals surface area contributed by atoms with E-state index in [1.165, 1.54) is 18.4 Å². The molecule has 3 rings (SSSR count). The Morgan fingerprint density at radius 2 is 1.86 bits per heavy atom. The van der Waals surface area contributed by atoms with Crippen LogP contribution in [0, 0.1) is 6.92 Å². The van der Waals surface area contributed by atoms with Crippen LogP contribution in [0.2, 0.25) is 0 Å². The fourth-order valence-corrected chi connectivity index (χ4v) is 3.44. The van der Waals surface area contributed by atoms with E-state index in [0.29, 0.717) is 6.54 Å². The molecule has 1 atom stereocenters. The Labute approximate surface area is 184 Å². The van der Waals surface area contributed by atoms with Gasteiger partial charge < -0.3 is 19.8 Å². The maximum absolute atomic E-state index is 5.92. The number of methoxy groups -OCH3 is 1. The zero-order chi connectivity index (χ0) is 19.1. The summed E-state index contributed by atoms with van der Waals surface area (Å²) in [6.07, 6.45) is 2.50. The molecule has 2 aromatic rings. The van der Waals surface area contributed by atoms with Gasteiger partial charge in [-0.2, -0.15) is 0 Å². The predicted octanol–water partition coefficient (Wildman–Crippen LogP) is 3.72. The lowest BCUT2D eigenvalue weighted by molar-refractivity contribution is 0.213. The maximum Gasteiger partial charge on any atom is 0.191 e. The third-order valence-electron chi connectivity index (χ3n) is 4.98. The summed E-state index contributed by atoms with van der Waals surface area (Å²) >= 11 is 0. The van der Waals surface area contributed by atoms with Crippen molar-refractivity contribution < 1.29 is 9.15 Å². The third kappa shape index (κ3) is 6.13. The van der Waals surface area contributed by atoms with Gasteiger partial charge in [0.25, 0.3) is 0 Å². The van der Waals surface area contributed by atoms with Gasteiger partial charge in [0, 0.05) is 20.1 Å². The molecule has 2 N–H and O–H groups in total. The molecule has 1 aliphatic rings. The second-order valence-corrected chi connectivity index (χ2v) is 6.86. The smallest absolute Gasteiger partial charge is 0.191 e. The van der Waals surface area contributed by atoms with Gasteiger partial charge in [-0.3, -0.25) is 9.89 Å². The number of halogens is 1. The van der Waals surface area contributed by atoms with E-state index >= 15 is 0 Å². The molecule has 7 heteroatoms. The van der Waals surface area contributed by atoms with Gasteiger partial charge in [-0.05, 0) is 62.7 Å². The van der Waals surface area contributed by atoms with E-state index < -0.39 is 0 Å². The predicted molar refractivity (Wildman–Crippen MR) is 124 cm³/mol. The minimum absolute atomic E-state index is 0. The first kappa shape index (κ1) is 22.5. The molecule has 1 aliphatic heterocycles. The molecule has 0 aliphatic carbocycles. The fourth-order valence-electron chi connectivity index (χ4n) is 3.44. The normalized spacial score (nSPS) is 15.8. The van der Waals surface area contributed by atoms with Crippen LogP contribution >= 0.6 is 24.0 Å². The van der Waals surface area contributed by atoms with Crippen molar-refractivity contribution in [2.24, 2.45) is 4.99 Å². The van der Waals surface area contributed by atoms with Crippen LogP contribution in [0.3, 0.4) is 0 Å². The lowest BCUT2D eigenvalue weighted by atomic mass is 10.2. The first-order valence-electron chi connectivity index (χ1n) is 9.57. The van der Waals surface area contributed by atoms with Crippen molar-refractivity contribution in [1.29, 1.82) is 0 Å². The second kappa shape index (κ2) is 11.3. The summed E-state index contributed by atoms with van der Waals surface area (Å²) < 4.78 is 11.1. The number of hydrogen-bond donors (Lipinski definition) is 2. The van der Waals surface area contributed by atoms with E-state index in [-0.39, 0.29) is 30.0 Å². The van der Waals surface area contributed by atoms with E-state index in [9.17, 15) is 0 Å². The highest BCUT2D eigenvalue weighted by Gasteiger charge is 2.26. The van der Waals surface area contributed by atoms with Gasteiger partial charge >= 0.3 is 0 Å². The number of aryl methyl sites for hydroxylation is 1. The van der Waals surface area contributed by atoms with Crippen LogP contribution in [0.5, 0.6) is 5.75 Å². The molecular formula is C21H31IN4O2. The lowest BCUT2D eigenvalue weighted by Gasteiger charge is -2.26. The van der Waals surface area contributed by atoms with Crippen LogP contribution in [0.15, 0.2) is 45.8 Å². The van der Waals surface area contributed by atoms with Gasteiger partial charge in [0.05, 0.1) is 13.2 Å². The molecule has 1 aromatic carbocycles. The van der Waals surface area contributed by atoms with Crippen LogP contribution in [-0.2, 0) is 6.54 Å². The molecule has 0 bridgehead atoms. The fraction of sp³-hybridized carbons (Fsp3) is 0.476. The summed E-state index contributed by atoms with van der Waals surface area (Å²) in [6.45, 7) is 5.69. The van der Waals surface area contributed by atoms with Gasteiger partial charge in [-0.1, -0.05) is 12.1 Å². The number of furan rings is 1. The first-order chi connectivity index (χ1) is 13.2. The Morgan fingerprint density at radius 3 is 2.43 bits per heavy atom. The Kier molecular flexibility index (Phi) is 9.11. The van der Waals surface area contributed by atoms with Crippen molar-refractivity contribution in [3.05, 3.63) is 53.5 Å². The lowest BCUT2D eigenvalue weighted by Crippen LogP contribution is -2.42. The van der Waals surface area contributed by atoms with Crippen molar-refractivity contribution in [2.45, 2.75) is 32.4 Å². The topological polar surface area (TPSA) is 62.0 Å². The average Bonchev–Trinajstić information content (AvgIpc) is 3.37. The summed E-state index contributed by atoms with van der Waals surface area (Å²) in [4.78, 5) is 6.84. The summed E-state index contributed by atoms with van der Waals surface area (Å²) in [5.41, 5.74) is 1.18. The molecule has 1 fully saturated rings. The number of guanidine groups is 1. The van der Waals surface area contributed by atoms with Crippen molar-refractivity contribution in [1.82, 2.24) is 15.5 Å². The number of likely N-dealkylation sites (tertiary alicyclic amines) is 1. The van der Waals surface area contributed by atoms with Crippen molar-refractivity contribution in [3.8, 4) is 5.75 Å². The molecule has 28 heavy (non-hydrogen) atoms. The molecule has 0 saturated carbocycles. The van der Waals surface area contributed by atoms with Crippen LogP contribution in [-0.4, -0.2) is 44.7 Å². The molecular weight excluding hydrogens is 467 g/mol. The van der Waals surface area contributed by atoms with Gasteiger partial charge in [-0.15, -0.1) is 24.0 Å². The number of aliphatic imine (C=N–C) groups is 1. The zero-order valence-electron chi connectivity index (χ0n) is 16.9. The monoisotopic (exact) mass is 498 g/mol. The number of hydrogen-bond acceptors (Lipinski definition) is 4. The Balaban J connectivity index is 0.00000280. The summed E-state index contributed by atoms with van der Waals surface area (Å²) in [5, 5.41) is 6.83. The minimum Gasteiger partial charge on any atom is -0.497 e. The highest BCUT2D eigenvalue weighted by atomic mass is 127. The van der Waals surface area contributed by atoms with Gasteiger partial charge in [-0.25, -0.2) is 0 Å². The standard InChI is InChI=1S/C21H30N4O2.HI/c1-16-6-11-20(27-16)19(25-12-4-5-13-25)15-24-21(22-2)23-14-17-7-9-18(26-3)10-8-17;/h6-11,19H,4-5,12-15H2,1-3H3,(H2,22,23,24);1H. The molecule has 1 aromatic heterocycles. The van der Waals surface area contributed by atoms with E-state index in [2.05, 4.69) is 38.7 Å². The van der Waals surface area contributed by atoms with Crippen LogP contribution in [0.4, 0.5) is 0 Å². The largest absolute Gasteiger partial charge is 0.497 e. The van der Waals surface area contributed by atoms with E-state index in [1.54, 1.807) is 14.2 Å². The highest BCUT2D eigenvalue weighted by Crippen LogP contribution is 2.26. The number of nitrogens with zero attached hydrogens (tertiary/aromatic N) is 2. The Hall–Kier alpha value is -1.74. The van der Waals surface area contributed by atoms with Gasteiger partial charge in [0.2, 0.25) is 0 Å². The SMILES string of the molecule is CN=C(NCc1ccc(OC)cc1)NCC(c1ccc(C)o1)N1CCCC1.I. The molecule has 0 radical (unpaired) electrons. The Bertz CT molecular complexity index is 739. The number of rotatable bonds is 7. The quantitative estimate of drug-likeness (QED) is 0.346. The van der Waals surface area contributed by atoms with Gasteiger partial charge in [0.1, 0.15) is 17.3 Å². The molecule has 2 heterocycles. The molecule has 1 saturated heterocycles. The maximum atomic E-state index is 5.92. The van der Waals surface area contributed by atoms with Crippen LogP contribution in [0.25, 0.3) is 0 Å². The van der Waals surface area contributed by atoms with Crippen molar-refractivity contribution >= 4 is 29.9 Å². The number of nitrogens with one attached hydrogen (secondary N) is 2. The number of ether oxygens (including phenoxy) is 1. The average molecular weight is 498 g/mol. The zero-order valence-corrected chi connectivity index (χ0v) is 19.2. The van der Waals surface area contributed by atoms with Crippen molar-refractivity contribution in [2.75, 3.05) is 33.8 Å². The molecule has 154 valence electrons. The second-order valence-electron chi connectivity index (χ2n) is 6.86. The molecule has 1 unspecified atom stereocenters. The Morgan fingerprint density at radius 1 is 1.14 bits per heavy atom. The highest BCUT2D eigenvalue weighted by molar-refractivity contribution is 14.0. The van der Waals surface area contributed by atoms with Crippen LogP contribution in [0.1, 0.15) is 36.0 Å². The summed E-state index contributed by atoms with van der Waals surface area (Å²) in [5.74, 6) is 3.63. The van der Waals surface area contributed by atoms with E-state index in [4.69, 9.17) is 9.15 Å². The third-order valence-corrected chi connectivity index (χ3v) is 4.98. The van der Waals surface area contributed by atoms with E-state index in [0.717, 1.165) is 42.9 Å². The number of benzene rings is 1. The van der Waals surface area contributed by atoms with E-state index in [1.807, 2.05) is 25.1 Å². The summed E-state index contributed by atoms with van der Waals surface area (Å²) in [6, 6.07) is 12.4. The van der Waals surface area contributed by atoms with Crippen LogP contribution < -0.4 is 15.4 Å². The minimum atomic E-state index is 0. The summed E-state index contributed by atoms with van der Waals surface area (Å²) in [7, 11) is 3.47. The first-order valence-corrected chi connectivity index (χ1v) is 9.57.